The van der Waals surface area contributed by atoms with Gasteiger partial charge in [0.15, 0.2) is 15.0 Å². The van der Waals surface area contributed by atoms with Gasteiger partial charge in [0.25, 0.3) is 0 Å². The number of aliphatic imine (C=N–C) groups is 1. The van der Waals surface area contributed by atoms with Crippen molar-refractivity contribution in [2.24, 2.45) is 10.9 Å². The van der Waals surface area contributed by atoms with Gasteiger partial charge in [-0.1, -0.05) is 49.3 Å². The molecule has 130 valence electrons. The Bertz CT molecular complexity index is 792. The summed E-state index contributed by atoms with van der Waals surface area (Å²) in [6, 6.07) is 7.02. The molecule has 0 unspecified atom stereocenters. The Morgan fingerprint density at radius 1 is 1.38 bits per heavy atom. The topological polar surface area (TPSA) is 66.8 Å². The molecule has 0 spiro atoms. The summed E-state index contributed by atoms with van der Waals surface area (Å²) in [5.41, 5.74) is 0.701. The van der Waals surface area contributed by atoms with Crippen LogP contribution in [0.4, 0.5) is 5.69 Å². The van der Waals surface area contributed by atoms with Crippen molar-refractivity contribution in [2.75, 3.05) is 16.4 Å². The molecule has 0 radical (unpaired) electrons. The number of rotatable bonds is 3. The van der Waals surface area contributed by atoms with Crippen LogP contribution in [-0.2, 0) is 14.6 Å². The lowest BCUT2D eigenvalue weighted by molar-refractivity contribution is -0.118. The molecule has 2 aliphatic heterocycles. The van der Waals surface area contributed by atoms with Crippen LogP contribution in [0, 0.1) is 5.92 Å². The number of nitrogens with zero attached hydrogens (tertiary/aromatic N) is 2. The number of hydrogen-bond acceptors (Lipinski definition) is 4. The first-order valence-corrected chi connectivity index (χ1v) is 10.9. The van der Waals surface area contributed by atoms with Crippen molar-refractivity contribution in [3.63, 3.8) is 0 Å². The number of hydrogen-bond donors (Lipinski definition) is 0. The summed E-state index contributed by atoms with van der Waals surface area (Å²) < 4.78 is 24.0. The number of amides is 1. The largest absolute Gasteiger partial charge is 0.314 e. The van der Waals surface area contributed by atoms with Gasteiger partial charge in [-0.2, -0.15) is 4.99 Å². The zero-order valence-electron chi connectivity index (χ0n) is 13.5. The first-order valence-electron chi connectivity index (χ1n) is 7.79. The van der Waals surface area contributed by atoms with E-state index in [4.69, 9.17) is 11.6 Å². The average molecular weight is 387 g/mol. The van der Waals surface area contributed by atoms with E-state index in [1.54, 1.807) is 6.07 Å². The van der Waals surface area contributed by atoms with Crippen molar-refractivity contribution >= 4 is 50.0 Å². The molecular weight excluding hydrogens is 368 g/mol. The first kappa shape index (κ1) is 17.8. The minimum absolute atomic E-state index is 0.0628. The monoisotopic (exact) mass is 386 g/mol. The fourth-order valence-electron chi connectivity index (χ4n) is 2.99. The predicted octanol–water partition coefficient (Wildman–Crippen LogP) is 2.99. The summed E-state index contributed by atoms with van der Waals surface area (Å²) in [5.74, 6) is 0.211. The van der Waals surface area contributed by atoms with Gasteiger partial charge in [0.1, 0.15) is 0 Å². The van der Waals surface area contributed by atoms with E-state index >= 15 is 0 Å². The molecule has 24 heavy (non-hydrogen) atoms. The van der Waals surface area contributed by atoms with Crippen LogP contribution < -0.4 is 4.90 Å². The van der Waals surface area contributed by atoms with E-state index in [0.29, 0.717) is 22.3 Å². The Labute approximate surface area is 151 Å². The van der Waals surface area contributed by atoms with Gasteiger partial charge >= 0.3 is 0 Å². The SMILES string of the molecule is CC(C)CC(=O)N=C1S[C@H]2CS(=O)(=O)C[C@@H]2N1c1ccccc1Cl. The molecule has 3 rings (SSSR count). The third kappa shape index (κ3) is 3.63. The Morgan fingerprint density at radius 3 is 2.75 bits per heavy atom. The molecule has 0 bridgehead atoms. The summed E-state index contributed by atoms with van der Waals surface area (Å²) in [4.78, 5) is 18.2. The van der Waals surface area contributed by atoms with Crippen LogP contribution in [-0.4, -0.2) is 42.3 Å². The lowest BCUT2D eigenvalue weighted by Crippen LogP contribution is -2.37. The number of halogens is 1. The predicted molar refractivity (Wildman–Crippen MR) is 99.6 cm³/mol. The van der Waals surface area contributed by atoms with Gasteiger partial charge in [-0.3, -0.25) is 4.79 Å². The zero-order chi connectivity index (χ0) is 17.5. The number of thioether (sulfide) groups is 1. The highest BCUT2D eigenvalue weighted by atomic mass is 35.5. The summed E-state index contributed by atoms with van der Waals surface area (Å²) >= 11 is 7.68. The van der Waals surface area contributed by atoms with Crippen molar-refractivity contribution in [1.29, 1.82) is 0 Å². The third-order valence-corrected chi connectivity index (χ3v) is 7.51. The van der Waals surface area contributed by atoms with E-state index in [9.17, 15) is 13.2 Å². The molecule has 0 saturated carbocycles. The van der Waals surface area contributed by atoms with Crippen molar-refractivity contribution in [1.82, 2.24) is 0 Å². The fourth-order valence-corrected chi connectivity index (χ4v) is 7.15. The molecule has 0 aliphatic carbocycles. The van der Waals surface area contributed by atoms with E-state index in [-0.39, 0.29) is 34.6 Å². The number of carbonyl (C=O) groups excluding carboxylic acids is 1. The number of fused-ring (bicyclic) bond motifs is 1. The second kappa shape index (κ2) is 6.69. The number of para-hydroxylation sites is 1. The number of anilines is 1. The minimum Gasteiger partial charge on any atom is -0.314 e. The van der Waals surface area contributed by atoms with Crippen LogP contribution in [0.25, 0.3) is 0 Å². The summed E-state index contributed by atoms with van der Waals surface area (Å²) in [6.07, 6.45) is 0.369. The van der Waals surface area contributed by atoms with Crippen LogP contribution in [0.15, 0.2) is 29.3 Å². The minimum atomic E-state index is -3.08. The van der Waals surface area contributed by atoms with Gasteiger partial charge < -0.3 is 4.90 Å². The van der Waals surface area contributed by atoms with Gasteiger partial charge in [0.2, 0.25) is 5.91 Å². The maximum atomic E-state index is 12.1. The standard InChI is InChI=1S/C16H19ClN2O3S2/c1-10(2)7-15(20)18-16-19(12-6-4-3-5-11(12)17)13-8-24(21,22)9-14(13)23-16/h3-6,10,13-14H,7-9H2,1-2H3/t13-,14-/m0/s1. The third-order valence-electron chi connectivity index (χ3n) is 3.98. The zero-order valence-corrected chi connectivity index (χ0v) is 15.9. The van der Waals surface area contributed by atoms with Crippen molar-refractivity contribution in [2.45, 2.75) is 31.6 Å². The van der Waals surface area contributed by atoms with Gasteiger partial charge in [-0.15, -0.1) is 0 Å². The van der Waals surface area contributed by atoms with Gasteiger partial charge in [-0.05, 0) is 18.1 Å². The van der Waals surface area contributed by atoms with E-state index < -0.39 is 9.84 Å². The first-order chi connectivity index (χ1) is 11.3. The summed E-state index contributed by atoms with van der Waals surface area (Å²) in [6.45, 7) is 3.93. The highest BCUT2D eigenvalue weighted by molar-refractivity contribution is 8.16. The molecule has 1 aromatic carbocycles. The quantitative estimate of drug-likeness (QED) is 0.798. The molecule has 2 fully saturated rings. The summed E-state index contributed by atoms with van der Waals surface area (Å²) in [7, 11) is -3.08. The van der Waals surface area contributed by atoms with E-state index in [1.807, 2.05) is 36.9 Å². The van der Waals surface area contributed by atoms with Crippen molar-refractivity contribution in [3.8, 4) is 0 Å². The Morgan fingerprint density at radius 2 is 2.08 bits per heavy atom. The summed E-state index contributed by atoms with van der Waals surface area (Å²) in [5, 5.41) is 0.961. The highest BCUT2D eigenvalue weighted by Crippen LogP contribution is 2.42. The van der Waals surface area contributed by atoms with Crippen LogP contribution in [0.5, 0.6) is 0 Å². The molecule has 2 heterocycles. The lowest BCUT2D eigenvalue weighted by atomic mass is 10.1. The van der Waals surface area contributed by atoms with Crippen molar-refractivity contribution in [3.05, 3.63) is 29.3 Å². The Balaban J connectivity index is 1.99. The average Bonchev–Trinajstić information content (AvgIpc) is 2.90. The van der Waals surface area contributed by atoms with Crippen molar-refractivity contribution < 1.29 is 13.2 Å². The fraction of sp³-hybridized carbons (Fsp3) is 0.500. The second-order valence-corrected chi connectivity index (χ2v) is 10.3. The number of amidine groups is 1. The van der Waals surface area contributed by atoms with Crippen LogP contribution in [0.1, 0.15) is 20.3 Å². The molecule has 2 atom stereocenters. The Kier molecular flexibility index (Phi) is 4.95. The molecule has 2 aliphatic rings. The molecule has 2 saturated heterocycles. The second-order valence-electron chi connectivity index (χ2n) is 6.51. The van der Waals surface area contributed by atoms with E-state index in [1.165, 1.54) is 11.8 Å². The van der Waals surface area contributed by atoms with Gasteiger partial charge in [-0.25, -0.2) is 8.42 Å². The number of carbonyl (C=O) groups is 1. The van der Waals surface area contributed by atoms with E-state index in [0.717, 1.165) is 0 Å². The van der Waals surface area contributed by atoms with Crippen LogP contribution >= 0.6 is 23.4 Å². The molecule has 8 heteroatoms. The maximum absolute atomic E-state index is 12.1. The molecule has 5 nitrogen and oxygen atoms in total. The molecular formula is C16H19ClN2O3S2. The molecule has 1 amide bonds. The smallest absolute Gasteiger partial charge is 0.248 e. The normalized spacial score (nSPS) is 27.0. The van der Waals surface area contributed by atoms with Crippen LogP contribution in [0.2, 0.25) is 5.02 Å². The number of benzene rings is 1. The van der Waals surface area contributed by atoms with Crippen LogP contribution in [0.3, 0.4) is 0 Å². The number of sulfone groups is 1. The Hall–Kier alpha value is -1.05. The highest BCUT2D eigenvalue weighted by Gasteiger charge is 2.49. The molecule has 0 aromatic heterocycles. The molecule has 0 N–H and O–H groups in total. The van der Waals surface area contributed by atoms with Gasteiger partial charge in [0.05, 0.1) is 28.3 Å². The lowest BCUT2D eigenvalue weighted by Gasteiger charge is -2.25. The maximum Gasteiger partial charge on any atom is 0.248 e. The van der Waals surface area contributed by atoms with Gasteiger partial charge in [0, 0.05) is 11.7 Å². The van der Waals surface area contributed by atoms with E-state index in [2.05, 4.69) is 4.99 Å². The molecule has 1 aromatic rings.